The Labute approximate surface area is 112 Å². The normalized spacial score (nSPS) is 17.4. The van der Waals surface area contributed by atoms with Crippen molar-refractivity contribution in [1.82, 2.24) is 5.32 Å². The van der Waals surface area contributed by atoms with Gasteiger partial charge in [0, 0.05) is 6.04 Å². The molecule has 1 aliphatic carbocycles. The number of aryl methyl sites for hydroxylation is 1. The minimum absolute atomic E-state index is 0.636. The second-order valence-electron chi connectivity index (χ2n) is 5.77. The van der Waals surface area contributed by atoms with Crippen LogP contribution in [0.4, 0.5) is 0 Å². The van der Waals surface area contributed by atoms with Crippen LogP contribution in [0.3, 0.4) is 0 Å². The Morgan fingerprint density at radius 3 is 2.83 bits per heavy atom. The number of benzene rings is 1. The average Bonchev–Trinajstić information content (AvgIpc) is 2.32. The Morgan fingerprint density at radius 1 is 1.33 bits per heavy atom. The van der Waals surface area contributed by atoms with Gasteiger partial charge in [-0.2, -0.15) is 0 Å². The molecule has 1 saturated carbocycles. The minimum atomic E-state index is 0.636. The van der Waals surface area contributed by atoms with Crippen molar-refractivity contribution in [3.8, 4) is 0 Å². The van der Waals surface area contributed by atoms with Crippen molar-refractivity contribution < 1.29 is 0 Å². The smallest absolute Gasteiger partial charge is 0.00418 e. The Balaban J connectivity index is 1.81. The van der Waals surface area contributed by atoms with E-state index in [0.717, 1.165) is 12.5 Å². The molecule has 1 aromatic carbocycles. The molecule has 0 aromatic heterocycles. The minimum Gasteiger partial charge on any atom is -0.314 e. The molecular weight excluding hydrogens is 218 g/mol. The largest absolute Gasteiger partial charge is 0.314 e. The van der Waals surface area contributed by atoms with E-state index in [1.165, 1.54) is 44.1 Å². The fourth-order valence-electron chi connectivity index (χ4n) is 2.62. The lowest BCUT2D eigenvalue weighted by molar-refractivity contribution is 0.419. The summed E-state index contributed by atoms with van der Waals surface area (Å²) in [5, 5.41) is 3.56. The summed E-state index contributed by atoms with van der Waals surface area (Å²) < 4.78 is 0. The van der Waals surface area contributed by atoms with E-state index in [0.29, 0.717) is 6.04 Å². The van der Waals surface area contributed by atoms with Crippen molar-refractivity contribution in [1.29, 1.82) is 0 Å². The summed E-state index contributed by atoms with van der Waals surface area (Å²) >= 11 is 0. The van der Waals surface area contributed by atoms with Crippen LogP contribution < -0.4 is 5.32 Å². The first-order chi connectivity index (χ1) is 8.79. The third-order valence-corrected chi connectivity index (χ3v) is 4.14. The van der Waals surface area contributed by atoms with Gasteiger partial charge >= 0.3 is 0 Å². The van der Waals surface area contributed by atoms with E-state index in [4.69, 9.17) is 0 Å². The van der Waals surface area contributed by atoms with Crippen molar-refractivity contribution in [3.05, 3.63) is 35.4 Å². The molecule has 1 N–H and O–H groups in total. The van der Waals surface area contributed by atoms with Crippen LogP contribution in [0.2, 0.25) is 0 Å². The van der Waals surface area contributed by atoms with Gasteiger partial charge in [0.25, 0.3) is 0 Å². The highest BCUT2D eigenvalue weighted by molar-refractivity contribution is 5.27. The van der Waals surface area contributed by atoms with Crippen molar-refractivity contribution >= 4 is 0 Å². The predicted octanol–water partition coefficient (Wildman–Crippen LogP) is 4.27. The molecular formula is C17H27N. The Morgan fingerprint density at radius 2 is 2.17 bits per heavy atom. The van der Waals surface area contributed by atoms with Gasteiger partial charge in [0.05, 0.1) is 0 Å². The Kier molecular flexibility index (Phi) is 5.25. The quantitative estimate of drug-likeness (QED) is 0.756. The van der Waals surface area contributed by atoms with Gasteiger partial charge in [-0.15, -0.1) is 0 Å². The zero-order valence-corrected chi connectivity index (χ0v) is 11.9. The molecule has 0 aliphatic heterocycles. The lowest BCUT2D eigenvalue weighted by Crippen LogP contribution is -2.27. The van der Waals surface area contributed by atoms with Crippen LogP contribution in [-0.2, 0) is 6.42 Å². The zero-order valence-electron chi connectivity index (χ0n) is 11.9. The van der Waals surface area contributed by atoms with Gasteiger partial charge in [-0.25, -0.2) is 0 Å². The number of rotatable bonds is 7. The third kappa shape index (κ3) is 3.84. The molecule has 0 radical (unpaired) electrons. The predicted molar refractivity (Wildman–Crippen MR) is 79.1 cm³/mol. The van der Waals surface area contributed by atoms with E-state index in [9.17, 15) is 0 Å². The van der Waals surface area contributed by atoms with Gasteiger partial charge in [-0.1, -0.05) is 37.6 Å². The number of hydrogen-bond donors (Lipinski definition) is 1. The Bertz CT molecular complexity index is 354. The number of nitrogens with one attached hydrogen (secondary N) is 1. The maximum atomic E-state index is 3.56. The summed E-state index contributed by atoms with van der Waals surface area (Å²) in [7, 11) is 0. The van der Waals surface area contributed by atoms with Gasteiger partial charge in [0.2, 0.25) is 0 Å². The van der Waals surface area contributed by atoms with Crippen LogP contribution in [0.5, 0.6) is 0 Å². The molecule has 2 rings (SSSR count). The molecule has 100 valence electrons. The summed E-state index contributed by atoms with van der Waals surface area (Å²) in [5.74, 6) is 0.862. The van der Waals surface area contributed by atoms with E-state index < -0.39 is 0 Å². The SMILES string of the molecule is CCCNC(C)CCc1cccc(C2CCC2)c1. The van der Waals surface area contributed by atoms with Gasteiger partial charge in [0.15, 0.2) is 0 Å². The van der Waals surface area contributed by atoms with E-state index in [1.807, 2.05) is 0 Å². The van der Waals surface area contributed by atoms with Crippen molar-refractivity contribution in [3.63, 3.8) is 0 Å². The molecule has 0 spiro atoms. The van der Waals surface area contributed by atoms with Crippen molar-refractivity contribution in [2.24, 2.45) is 0 Å². The first-order valence-corrected chi connectivity index (χ1v) is 7.62. The fraction of sp³-hybridized carbons (Fsp3) is 0.647. The fourth-order valence-corrected chi connectivity index (χ4v) is 2.62. The summed E-state index contributed by atoms with van der Waals surface area (Å²) in [6.45, 7) is 5.66. The molecule has 18 heavy (non-hydrogen) atoms. The molecule has 0 bridgehead atoms. The van der Waals surface area contributed by atoms with E-state index in [2.05, 4.69) is 43.4 Å². The summed E-state index contributed by atoms with van der Waals surface area (Å²) in [4.78, 5) is 0. The molecule has 1 aromatic rings. The van der Waals surface area contributed by atoms with Crippen LogP contribution >= 0.6 is 0 Å². The van der Waals surface area contributed by atoms with Gasteiger partial charge in [-0.3, -0.25) is 0 Å². The van der Waals surface area contributed by atoms with E-state index >= 15 is 0 Å². The van der Waals surface area contributed by atoms with Crippen molar-refractivity contribution in [2.75, 3.05) is 6.54 Å². The van der Waals surface area contributed by atoms with Gasteiger partial charge < -0.3 is 5.32 Å². The summed E-state index contributed by atoms with van der Waals surface area (Å²) in [5.41, 5.74) is 3.09. The maximum absolute atomic E-state index is 3.56. The Hall–Kier alpha value is -0.820. The van der Waals surface area contributed by atoms with Crippen LogP contribution in [0.15, 0.2) is 24.3 Å². The van der Waals surface area contributed by atoms with Gasteiger partial charge in [-0.05, 0) is 62.6 Å². The van der Waals surface area contributed by atoms with Crippen molar-refractivity contribution in [2.45, 2.75) is 64.3 Å². The maximum Gasteiger partial charge on any atom is 0.00418 e. The monoisotopic (exact) mass is 245 g/mol. The first-order valence-electron chi connectivity index (χ1n) is 7.62. The molecule has 1 aliphatic rings. The molecule has 1 nitrogen and oxygen atoms in total. The second-order valence-corrected chi connectivity index (χ2v) is 5.77. The van der Waals surface area contributed by atoms with Crippen LogP contribution in [0.25, 0.3) is 0 Å². The van der Waals surface area contributed by atoms with Crippen LogP contribution in [0, 0.1) is 0 Å². The highest BCUT2D eigenvalue weighted by atomic mass is 14.9. The average molecular weight is 245 g/mol. The first kappa shape index (κ1) is 13.6. The topological polar surface area (TPSA) is 12.0 Å². The molecule has 0 saturated heterocycles. The molecule has 0 amide bonds. The summed E-state index contributed by atoms with van der Waals surface area (Å²) in [6, 6.07) is 9.92. The van der Waals surface area contributed by atoms with E-state index in [-0.39, 0.29) is 0 Å². The molecule has 0 heterocycles. The van der Waals surface area contributed by atoms with Crippen LogP contribution in [-0.4, -0.2) is 12.6 Å². The molecule has 1 unspecified atom stereocenters. The lowest BCUT2D eigenvalue weighted by Gasteiger charge is -2.26. The highest BCUT2D eigenvalue weighted by Gasteiger charge is 2.19. The zero-order chi connectivity index (χ0) is 12.8. The number of hydrogen-bond acceptors (Lipinski definition) is 1. The highest BCUT2D eigenvalue weighted by Crippen LogP contribution is 2.36. The van der Waals surface area contributed by atoms with Crippen LogP contribution in [0.1, 0.15) is 63.0 Å². The van der Waals surface area contributed by atoms with E-state index in [1.54, 1.807) is 5.56 Å². The standard InChI is InChI=1S/C17H27N/c1-3-12-18-14(2)10-11-15-6-4-9-17(13-15)16-7-5-8-16/h4,6,9,13-14,16,18H,3,5,7-8,10-12H2,1-2H3. The molecule has 1 atom stereocenters. The van der Waals surface area contributed by atoms with Gasteiger partial charge in [0.1, 0.15) is 0 Å². The summed E-state index contributed by atoms with van der Waals surface area (Å²) in [6.07, 6.45) is 7.90. The molecule has 1 fully saturated rings. The molecule has 1 heteroatoms. The third-order valence-electron chi connectivity index (χ3n) is 4.14. The second kappa shape index (κ2) is 6.94. The lowest BCUT2D eigenvalue weighted by atomic mass is 9.79.